The summed E-state index contributed by atoms with van der Waals surface area (Å²) in [6, 6.07) is 16.7. The van der Waals surface area contributed by atoms with Crippen LogP contribution in [0.4, 0.5) is 5.69 Å². The molecule has 4 aromatic rings. The maximum Gasteiger partial charge on any atom is 0.247 e. The van der Waals surface area contributed by atoms with Gasteiger partial charge in [0.1, 0.15) is 5.82 Å². The smallest absolute Gasteiger partial charge is 0.247 e. The van der Waals surface area contributed by atoms with Gasteiger partial charge in [0.05, 0.1) is 22.4 Å². The minimum absolute atomic E-state index is 0.116. The zero-order valence-corrected chi connectivity index (χ0v) is 22.0. The van der Waals surface area contributed by atoms with Crippen LogP contribution in [-0.2, 0) is 21.8 Å². The molecule has 1 fully saturated rings. The highest BCUT2D eigenvalue weighted by molar-refractivity contribution is 7.90. The first kappa shape index (κ1) is 24.4. The van der Waals surface area contributed by atoms with Crippen molar-refractivity contribution >= 4 is 26.6 Å². The molecule has 0 saturated carbocycles. The van der Waals surface area contributed by atoms with Crippen LogP contribution in [0.15, 0.2) is 59.9 Å². The van der Waals surface area contributed by atoms with Crippen LogP contribution in [0.25, 0.3) is 22.4 Å². The van der Waals surface area contributed by atoms with E-state index in [1.807, 2.05) is 6.07 Å². The molecule has 0 bridgehead atoms. The topological polar surface area (TPSA) is 95.1 Å². The summed E-state index contributed by atoms with van der Waals surface area (Å²) in [6.07, 6.45) is 2.65. The minimum Gasteiger partial charge on any atom is -0.367 e. The molecule has 1 saturated heterocycles. The number of nitrogens with zero attached hydrogens (tertiary/aromatic N) is 5. The van der Waals surface area contributed by atoms with Crippen molar-refractivity contribution in [3.05, 3.63) is 66.0 Å². The van der Waals surface area contributed by atoms with Gasteiger partial charge in [-0.05, 0) is 29.2 Å². The lowest BCUT2D eigenvalue weighted by atomic mass is 9.87. The maximum absolute atomic E-state index is 11.8. The van der Waals surface area contributed by atoms with Crippen molar-refractivity contribution < 1.29 is 8.42 Å². The summed E-state index contributed by atoms with van der Waals surface area (Å²) in [5.41, 5.74) is 6.37. The molecule has 0 spiro atoms. The van der Waals surface area contributed by atoms with Crippen LogP contribution in [0.3, 0.4) is 0 Å². The number of piperazine rings is 1. The van der Waals surface area contributed by atoms with E-state index >= 15 is 0 Å². The molecule has 0 amide bonds. The lowest BCUT2D eigenvalue weighted by Gasteiger charge is -2.36. The molecular formula is C27H32N6O2S. The predicted octanol–water partition coefficient (Wildman–Crippen LogP) is 4.04. The molecule has 0 aliphatic carbocycles. The fourth-order valence-corrected chi connectivity index (χ4v) is 5.10. The van der Waals surface area contributed by atoms with Crippen LogP contribution in [0.2, 0.25) is 0 Å². The van der Waals surface area contributed by atoms with Crippen LogP contribution in [0.1, 0.15) is 32.0 Å². The van der Waals surface area contributed by atoms with Crippen LogP contribution in [0.5, 0.6) is 0 Å². The number of imidazole rings is 1. The van der Waals surface area contributed by atoms with Gasteiger partial charge in [0.15, 0.2) is 0 Å². The second kappa shape index (κ2) is 9.29. The summed E-state index contributed by atoms with van der Waals surface area (Å²) in [5.74, 6) is 0.877. The van der Waals surface area contributed by atoms with Crippen molar-refractivity contribution in [3.8, 4) is 11.4 Å². The molecule has 0 atom stereocenters. The SMILES string of the molecule is CC(C)(C)c1ccc(-c2nc3cccc(N4CCN(Cc5ccnc(S(C)(=O)=O)n5)CC4)c3[nH]2)cc1. The Balaban J connectivity index is 1.31. The van der Waals surface area contributed by atoms with Gasteiger partial charge in [-0.15, -0.1) is 0 Å². The van der Waals surface area contributed by atoms with Crippen molar-refractivity contribution in [2.75, 3.05) is 37.3 Å². The van der Waals surface area contributed by atoms with Gasteiger partial charge >= 0.3 is 0 Å². The highest BCUT2D eigenvalue weighted by Gasteiger charge is 2.21. The zero-order valence-electron chi connectivity index (χ0n) is 21.2. The van der Waals surface area contributed by atoms with Crippen LogP contribution >= 0.6 is 0 Å². The highest BCUT2D eigenvalue weighted by atomic mass is 32.2. The Morgan fingerprint density at radius 3 is 2.33 bits per heavy atom. The fourth-order valence-electron chi connectivity index (χ4n) is 4.56. The van der Waals surface area contributed by atoms with Crippen molar-refractivity contribution in [2.45, 2.75) is 37.9 Å². The molecule has 1 aliphatic heterocycles. The number of hydrogen-bond donors (Lipinski definition) is 1. The minimum atomic E-state index is -3.42. The normalized spacial score (nSPS) is 15.5. The number of aromatic nitrogens is 4. The van der Waals surface area contributed by atoms with Gasteiger partial charge in [-0.1, -0.05) is 51.1 Å². The number of sulfone groups is 1. The molecule has 36 heavy (non-hydrogen) atoms. The number of H-pyrrole nitrogens is 1. The van der Waals surface area contributed by atoms with Gasteiger partial charge < -0.3 is 9.88 Å². The number of fused-ring (bicyclic) bond motifs is 1. The summed E-state index contributed by atoms with van der Waals surface area (Å²) < 4.78 is 23.6. The Bertz CT molecular complexity index is 1480. The van der Waals surface area contributed by atoms with E-state index in [0.717, 1.165) is 66.2 Å². The summed E-state index contributed by atoms with van der Waals surface area (Å²) in [4.78, 5) is 21.2. The Kier molecular flexibility index (Phi) is 6.30. The summed E-state index contributed by atoms with van der Waals surface area (Å²) in [5, 5.41) is -0.117. The lowest BCUT2D eigenvalue weighted by Crippen LogP contribution is -2.46. The van der Waals surface area contributed by atoms with E-state index in [0.29, 0.717) is 6.54 Å². The molecule has 8 nitrogen and oxygen atoms in total. The summed E-state index contributed by atoms with van der Waals surface area (Å²) in [6.45, 7) is 10.7. The van der Waals surface area contributed by atoms with E-state index in [4.69, 9.17) is 4.98 Å². The molecule has 2 aromatic carbocycles. The fraction of sp³-hybridized carbons (Fsp3) is 0.370. The van der Waals surface area contributed by atoms with Crippen molar-refractivity contribution in [3.63, 3.8) is 0 Å². The van der Waals surface area contributed by atoms with E-state index in [1.165, 1.54) is 11.8 Å². The molecule has 3 heterocycles. The summed E-state index contributed by atoms with van der Waals surface area (Å²) >= 11 is 0. The number of rotatable bonds is 5. The lowest BCUT2D eigenvalue weighted by molar-refractivity contribution is 0.246. The molecule has 9 heteroatoms. The Morgan fingerprint density at radius 2 is 1.67 bits per heavy atom. The third kappa shape index (κ3) is 5.12. The third-order valence-electron chi connectivity index (χ3n) is 6.64. The van der Waals surface area contributed by atoms with Crippen molar-refractivity contribution in [2.24, 2.45) is 0 Å². The Labute approximate surface area is 212 Å². The second-order valence-electron chi connectivity index (χ2n) is 10.4. The number of hydrogen-bond acceptors (Lipinski definition) is 7. The molecule has 188 valence electrons. The first-order valence-corrected chi connectivity index (χ1v) is 14.1. The monoisotopic (exact) mass is 504 g/mol. The van der Waals surface area contributed by atoms with Gasteiger partial charge in [0, 0.05) is 50.7 Å². The Hall–Kier alpha value is -3.30. The number of benzene rings is 2. The molecule has 1 N–H and O–H groups in total. The first-order valence-electron chi connectivity index (χ1n) is 12.2. The average molecular weight is 505 g/mol. The van der Waals surface area contributed by atoms with Gasteiger partial charge in [-0.25, -0.2) is 23.4 Å². The largest absolute Gasteiger partial charge is 0.367 e. The molecular weight excluding hydrogens is 472 g/mol. The van der Waals surface area contributed by atoms with E-state index in [1.54, 1.807) is 6.07 Å². The van der Waals surface area contributed by atoms with E-state index < -0.39 is 9.84 Å². The summed E-state index contributed by atoms with van der Waals surface area (Å²) in [7, 11) is -3.42. The average Bonchev–Trinajstić information content (AvgIpc) is 3.28. The van der Waals surface area contributed by atoms with Gasteiger partial charge in [0.2, 0.25) is 15.0 Å². The number of anilines is 1. The third-order valence-corrected chi connectivity index (χ3v) is 7.50. The van der Waals surface area contributed by atoms with Gasteiger partial charge in [0.25, 0.3) is 0 Å². The van der Waals surface area contributed by atoms with Crippen molar-refractivity contribution in [1.82, 2.24) is 24.8 Å². The Morgan fingerprint density at radius 1 is 0.944 bits per heavy atom. The van der Waals surface area contributed by atoms with Crippen LogP contribution in [0, 0.1) is 0 Å². The van der Waals surface area contributed by atoms with E-state index in [2.05, 4.69) is 81.9 Å². The number of aromatic amines is 1. The quantitative estimate of drug-likeness (QED) is 0.410. The standard InChI is InChI=1S/C27H32N6O2S/c1-27(2,3)20-10-8-19(9-11-20)25-30-22-6-5-7-23(24(22)31-25)33-16-14-32(15-17-33)18-21-12-13-28-26(29-21)36(4,34)35/h5-13H,14-18H2,1-4H3,(H,30,31). The highest BCUT2D eigenvalue weighted by Crippen LogP contribution is 2.30. The van der Waals surface area contributed by atoms with Crippen LogP contribution in [-0.4, -0.2) is 65.7 Å². The maximum atomic E-state index is 11.8. The molecule has 1 aliphatic rings. The molecule has 0 radical (unpaired) electrons. The molecule has 5 rings (SSSR count). The molecule has 2 aromatic heterocycles. The second-order valence-corrected chi connectivity index (χ2v) is 12.4. The van der Waals surface area contributed by atoms with Crippen LogP contribution < -0.4 is 4.90 Å². The van der Waals surface area contributed by atoms with Gasteiger partial charge in [-0.3, -0.25) is 4.90 Å². The van der Waals surface area contributed by atoms with Crippen molar-refractivity contribution in [1.29, 1.82) is 0 Å². The molecule has 0 unspecified atom stereocenters. The number of nitrogens with one attached hydrogen (secondary N) is 1. The first-order chi connectivity index (χ1) is 17.1. The van der Waals surface area contributed by atoms with E-state index in [9.17, 15) is 8.42 Å². The van der Waals surface area contributed by atoms with E-state index in [-0.39, 0.29) is 10.6 Å². The number of para-hydroxylation sites is 1. The van der Waals surface area contributed by atoms with Gasteiger partial charge in [-0.2, -0.15) is 0 Å². The predicted molar refractivity (Wildman–Crippen MR) is 143 cm³/mol. The zero-order chi connectivity index (χ0) is 25.5.